The fraction of sp³-hybridized carbons (Fsp3) is 0.636. The molecule has 1 aromatic rings. The van der Waals surface area contributed by atoms with Crippen LogP contribution in [0.15, 0.2) is 23.8 Å². The molecule has 6 heteroatoms. The summed E-state index contributed by atoms with van der Waals surface area (Å²) in [5.41, 5.74) is -2.69. The highest BCUT2D eigenvalue weighted by molar-refractivity contribution is 5.44. The zero-order chi connectivity index (χ0) is 20.1. The molecule has 2 nitrogen and oxygen atoms in total. The van der Waals surface area contributed by atoms with Gasteiger partial charge >= 0.3 is 0 Å². The SMILES string of the molecule is Cc1ccc(C23CCC(OCC4CCC(O)CC4)(CC2)C(F)=C3F)c(F)c1F. The first-order valence-corrected chi connectivity index (χ1v) is 10.1. The summed E-state index contributed by atoms with van der Waals surface area (Å²) in [7, 11) is 0. The Morgan fingerprint density at radius 2 is 1.57 bits per heavy atom. The van der Waals surface area contributed by atoms with Crippen LogP contribution in [0.2, 0.25) is 0 Å². The third-order valence-electron chi connectivity index (χ3n) is 7.13. The molecule has 0 unspecified atom stereocenters. The van der Waals surface area contributed by atoms with Crippen LogP contribution in [0.25, 0.3) is 0 Å². The van der Waals surface area contributed by atoms with E-state index in [1.54, 1.807) is 0 Å². The van der Waals surface area contributed by atoms with Crippen LogP contribution in [0.3, 0.4) is 0 Å². The summed E-state index contributed by atoms with van der Waals surface area (Å²) in [5, 5.41) is 9.60. The molecule has 4 aliphatic rings. The molecule has 154 valence electrons. The Morgan fingerprint density at radius 1 is 0.929 bits per heavy atom. The van der Waals surface area contributed by atoms with Crippen molar-refractivity contribution in [2.45, 2.75) is 75.4 Å². The van der Waals surface area contributed by atoms with Crippen molar-refractivity contribution in [1.82, 2.24) is 0 Å². The highest BCUT2D eigenvalue weighted by Gasteiger charge is 2.58. The van der Waals surface area contributed by atoms with Gasteiger partial charge in [-0.25, -0.2) is 17.6 Å². The third kappa shape index (κ3) is 3.00. The van der Waals surface area contributed by atoms with Gasteiger partial charge in [0.1, 0.15) is 11.4 Å². The maximum Gasteiger partial charge on any atom is 0.164 e. The molecule has 1 aromatic carbocycles. The summed E-state index contributed by atoms with van der Waals surface area (Å²) >= 11 is 0. The van der Waals surface area contributed by atoms with Gasteiger partial charge in [0.25, 0.3) is 0 Å². The molecule has 0 heterocycles. The second-order valence-electron chi connectivity index (χ2n) is 8.75. The molecule has 0 aliphatic heterocycles. The van der Waals surface area contributed by atoms with Crippen molar-refractivity contribution >= 4 is 0 Å². The molecular formula is C22H26F4O2. The van der Waals surface area contributed by atoms with Crippen molar-refractivity contribution in [2.75, 3.05) is 6.61 Å². The molecule has 4 aliphatic carbocycles. The average Bonchev–Trinajstić information content (AvgIpc) is 2.70. The van der Waals surface area contributed by atoms with E-state index < -0.39 is 34.3 Å². The number of benzene rings is 1. The molecule has 28 heavy (non-hydrogen) atoms. The number of hydrogen-bond donors (Lipinski definition) is 1. The molecule has 0 radical (unpaired) electrons. The Kier molecular flexibility index (Phi) is 5.07. The first kappa shape index (κ1) is 19.9. The van der Waals surface area contributed by atoms with E-state index in [-0.39, 0.29) is 48.8 Å². The molecule has 2 saturated carbocycles. The lowest BCUT2D eigenvalue weighted by molar-refractivity contribution is -0.102. The predicted molar refractivity (Wildman–Crippen MR) is 97.1 cm³/mol. The first-order chi connectivity index (χ1) is 13.3. The highest BCUT2D eigenvalue weighted by atomic mass is 19.2. The molecule has 1 N–H and O–H groups in total. The normalized spacial score (nSPS) is 35.5. The Balaban J connectivity index is 1.59. The van der Waals surface area contributed by atoms with E-state index in [2.05, 4.69) is 0 Å². The van der Waals surface area contributed by atoms with Crippen molar-refractivity contribution in [3.63, 3.8) is 0 Å². The van der Waals surface area contributed by atoms with Gasteiger partial charge in [0.2, 0.25) is 0 Å². The maximum atomic E-state index is 15.2. The summed E-state index contributed by atoms with van der Waals surface area (Å²) in [6, 6.07) is 2.80. The van der Waals surface area contributed by atoms with Gasteiger partial charge in [-0.1, -0.05) is 12.1 Å². The number of rotatable bonds is 4. The number of aliphatic hydroxyl groups is 1. The van der Waals surface area contributed by atoms with Crippen molar-refractivity contribution < 1.29 is 27.4 Å². The van der Waals surface area contributed by atoms with Gasteiger partial charge in [0.15, 0.2) is 17.5 Å². The minimum Gasteiger partial charge on any atom is -0.393 e. The minimum atomic E-state index is -1.44. The number of allylic oxidation sites excluding steroid dienone is 1. The molecule has 0 amide bonds. The van der Waals surface area contributed by atoms with Crippen molar-refractivity contribution in [2.24, 2.45) is 5.92 Å². The van der Waals surface area contributed by atoms with Crippen LogP contribution in [0, 0.1) is 24.5 Å². The summed E-state index contributed by atoms with van der Waals surface area (Å²) < 4.78 is 64.9. The fourth-order valence-corrected chi connectivity index (χ4v) is 5.13. The largest absolute Gasteiger partial charge is 0.393 e. The standard InChI is InChI=1S/C22H26F4O2/c1-13-2-7-16(18(24)17(13)23)21-8-10-22(11-9-21,20(26)19(21)25)28-12-14-3-5-15(27)6-4-14/h2,7,14-15,27H,3-6,8-12H2,1H3. The van der Waals surface area contributed by atoms with E-state index >= 15 is 8.78 Å². The zero-order valence-electron chi connectivity index (χ0n) is 16.0. The van der Waals surface area contributed by atoms with Crippen molar-refractivity contribution in [3.8, 4) is 0 Å². The van der Waals surface area contributed by atoms with E-state index in [4.69, 9.17) is 4.74 Å². The summed E-state index contributed by atoms with van der Waals surface area (Å²) in [6.07, 6.45) is 3.62. The second-order valence-corrected chi connectivity index (χ2v) is 8.75. The number of hydrogen-bond acceptors (Lipinski definition) is 2. The number of aryl methyl sites for hydroxylation is 1. The van der Waals surface area contributed by atoms with E-state index in [9.17, 15) is 13.9 Å². The van der Waals surface area contributed by atoms with Gasteiger partial charge in [-0.05, 0) is 69.8 Å². The molecule has 0 spiro atoms. The van der Waals surface area contributed by atoms with Crippen LogP contribution in [-0.4, -0.2) is 23.4 Å². The Labute approximate surface area is 162 Å². The van der Waals surface area contributed by atoms with Crippen LogP contribution < -0.4 is 0 Å². The number of aliphatic hydroxyl groups excluding tert-OH is 1. The van der Waals surface area contributed by atoms with Crippen LogP contribution >= 0.6 is 0 Å². The number of fused-ring (bicyclic) bond motifs is 2. The van der Waals surface area contributed by atoms with Gasteiger partial charge in [0.05, 0.1) is 18.1 Å². The smallest absolute Gasteiger partial charge is 0.164 e. The van der Waals surface area contributed by atoms with E-state index in [1.807, 2.05) is 0 Å². The van der Waals surface area contributed by atoms with E-state index in [1.165, 1.54) is 19.1 Å². The zero-order valence-corrected chi connectivity index (χ0v) is 16.0. The lowest BCUT2D eigenvalue weighted by Gasteiger charge is -2.51. The fourth-order valence-electron chi connectivity index (χ4n) is 5.13. The Morgan fingerprint density at radius 3 is 2.21 bits per heavy atom. The quantitative estimate of drug-likeness (QED) is 0.674. The molecular weight excluding hydrogens is 372 g/mol. The van der Waals surface area contributed by atoms with Crippen LogP contribution in [0.1, 0.15) is 62.5 Å². The van der Waals surface area contributed by atoms with Gasteiger partial charge in [-0.2, -0.15) is 0 Å². The molecule has 0 aromatic heterocycles. The number of halogens is 4. The van der Waals surface area contributed by atoms with Gasteiger partial charge in [0, 0.05) is 5.56 Å². The van der Waals surface area contributed by atoms with Crippen LogP contribution in [-0.2, 0) is 10.2 Å². The lowest BCUT2D eigenvalue weighted by atomic mass is 9.59. The summed E-state index contributed by atoms with van der Waals surface area (Å²) in [5.74, 6) is -3.82. The topological polar surface area (TPSA) is 29.5 Å². The first-order valence-electron chi connectivity index (χ1n) is 10.1. The molecule has 2 bridgehead atoms. The number of ether oxygens (including phenoxy) is 1. The highest BCUT2D eigenvalue weighted by Crippen LogP contribution is 2.59. The van der Waals surface area contributed by atoms with Gasteiger partial charge < -0.3 is 9.84 Å². The van der Waals surface area contributed by atoms with Gasteiger partial charge in [-0.3, -0.25) is 0 Å². The van der Waals surface area contributed by atoms with E-state index in [0.717, 1.165) is 12.8 Å². The third-order valence-corrected chi connectivity index (χ3v) is 7.13. The van der Waals surface area contributed by atoms with Gasteiger partial charge in [-0.15, -0.1) is 0 Å². The molecule has 0 atom stereocenters. The summed E-state index contributed by atoms with van der Waals surface area (Å²) in [6.45, 7) is 1.77. The van der Waals surface area contributed by atoms with Crippen LogP contribution in [0.5, 0.6) is 0 Å². The summed E-state index contributed by atoms with van der Waals surface area (Å²) in [4.78, 5) is 0. The monoisotopic (exact) mass is 398 g/mol. The lowest BCUT2D eigenvalue weighted by Crippen LogP contribution is -2.51. The average molecular weight is 398 g/mol. The van der Waals surface area contributed by atoms with E-state index in [0.29, 0.717) is 19.4 Å². The maximum absolute atomic E-state index is 15.2. The Hall–Kier alpha value is -1.40. The molecule has 5 rings (SSSR count). The second kappa shape index (κ2) is 7.13. The van der Waals surface area contributed by atoms with Crippen molar-refractivity contribution in [1.29, 1.82) is 0 Å². The molecule has 0 saturated heterocycles. The van der Waals surface area contributed by atoms with Crippen molar-refractivity contribution in [3.05, 3.63) is 46.5 Å². The van der Waals surface area contributed by atoms with Crippen LogP contribution in [0.4, 0.5) is 17.6 Å². The minimum absolute atomic E-state index is 0.0992. The Bertz CT molecular complexity index is 788. The molecule has 2 fully saturated rings. The predicted octanol–water partition coefficient (Wildman–Crippen LogP) is 5.56.